The zero-order valence-electron chi connectivity index (χ0n) is 15.6. The first kappa shape index (κ1) is 18.0. The number of nitrogens with one attached hydrogen (secondary N) is 2. The minimum Gasteiger partial charge on any atom is -0.455 e. The van der Waals surface area contributed by atoms with Gasteiger partial charge in [-0.3, -0.25) is 14.4 Å². The van der Waals surface area contributed by atoms with E-state index in [0.717, 1.165) is 37.5 Å². The van der Waals surface area contributed by atoms with Crippen molar-refractivity contribution >= 4 is 29.2 Å². The van der Waals surface area contributed by atoms with Crippen molar-refractivity contribution in [3.63, 3.8) is 0 Å². The maximum atomic E-state index is 12.6. The van der Waals surface area contributed by atoms with E-state index in [1.165, 1.54) is 13.3 Å². The van der Waals surface area contributed by atoms with E-state index in [0.29, 0.717) is 23.2 Å². The first-order valence-electron chi connectivity index (χ1n) is 9.82. The van der Waals surface area contributed by atoms with Crippen LogP contribution in [0.15, 0.2) is 24.3 Å². The van der Waals surface area contributed by atoms with E-state index in [9.17, 15) is 14.4 Å². The molecule has 4 aliphatic carbocycles. The predicted octanol–water partition coefficient (Wildman–Crippen LogP) is 3.20. The zero-order chi connectivity index (χ0) is 19.0. The Kier molecular flexibility index (Phi) is 4.89. The Balaban J connectivity index is 1.29. The molecule has 0 spiro atoms. The largest absolute Gasteiger partial charge is 0.455 e. The molecule has 0 aliphatic heterocycles. The molecule has 4 saturated carbocycles. The van der Waals surface area contributed by atoms with Crippen LogP contribution in [0.5, 0.6) is 0 Å². The van der Waals surface area contributed by atoms with Crippen molar-refractivity contribution in [1.29, 1.82) is 0 Å². The van der Waals surface area contributed by atoms with Crippen molar-refractivity contribution in [1.82, 2.24) is 0 Å². The summed E-state index contributed by atoms with van der Waals surface area (Å²) in [5, 5.41) is 5.38. The van der Waals surface area contributed by atoms with E-state index < -0.39 is 0 Å². The van der Waals surface area contributed by atoms with Crippen LogP contribution in [-0.2, 0) is 19.1 Å². The smallest absolute Gasteiger partial charge is 0.310 e. The number of hydrogen-bond acceptors (Lipinski definition) is 4. The average molecular weight is 370 g/mol. The summed E-state index contributed by atoms with van der Waals surface area (Å²) >= 11 is 0. The number of anilines is 2. The SMILES string of the molecule is CC(=O)Nc1cccc(NC(=O)COC(=O)C2C3CC4CC(C3)CC2C4)c1. The molecule has 0 atom stereocenters. The fraction of sp³-hybridized carbons (Fsp3) is 0.571. The van der Waals surface area contributed by atoms with Crippen molar-refractivity contribution < 1.29 is 19.1 Å². The number of benzene rings is 1. The Morgan fingerprint density at radius 3 is 2.15 bits per heavy atom. The molecule has 4 fully saturated rings. The van der Waals surface area contributed by atoms with E-state index in [4.69, 9.17) is 4.74 Å². The molecule has 2 N–H and O–H groups in total. The third kappa shape index (κ3) is 3.99. The predicted molar refractivity (Wildman–Crippen MR) is 101 cm³/mol. The highest BCUT2D eigenvalue weighted by molar-refractivity contribution is 5.94. The summed E-state index contributed by atoms with van der Waals surface area (Å²) in [7, 11) is 0. The van der Waals surface area contributed by atoms with Crippen molar-refractivity contribution in [3.8, 4) is 0 Å². The average Bonchev–Trinajstić information content (AvgIpc) is 2.59. The van der Waals surface area contributed by atoms with Crippen LogP contribution in [0.2, 0.25) is 0 Å². The molecule has 0 saturated heterocycles. The number of hydrogen-bond donors (Lipinski definition) is 2. The molecule has 2 amide bonds. The van der Waals surface area contributed by atoms with Crippen LogP contribution in [0.3, 0.4) is 0 Å². The standard InChI is InChI=1S/C21H26N2O4/c1-12(24)22-17-3-2-4-18(10-17)23-19(25)11-27-21(26)20-15-6-13-5-14(8-15)9-16(20)7-13/h2-4,10,13-16,20H,5-9,11H2,1H3,(H,22,24)(H,23,25). The van der Waals surface area contributed by atoms with E-state index in [2.05, 4.69) is 10.6 Å². The van der Waals surface area contributed by atoms with Gasteiger partial charge in [0.25, 0.3) is 5.91 Å². The van der Waals surface area contributed by atoms with Gasteiger partial charge < -0.3 is 15.4 Å². The fourth-order valence-electron chi connectivity index (χ4n) is 5.62. The molecular weight excluding hydrogens is 344 g/mol. The van der Waals surface area contributed by atoms with E-state index in [-0.39, 0.29) is 30.3 Å². The van der Waals surface area contributed by atoms with Crippen molar-refractivity contribution in [3.05, 3.63) is 24.3 Å². The van der Waals surface area contributed by atoms with Gasteiger partial charge in [0.05, 0.1) is 5.92 Å². The highest BCUT2D eigenvalue weighted by atomic mass is 16.5. The van der Waals surface area contributed by atoms with E-state index in [1.807, 2.05) is 0 Å². The van der Waals surface area contributed by atoms with Gasteiger partial charge in [-0.1, -0.05) is 6.07 Å². The van der Waals surface area contributed by atoms with Crippen molar-refractivity contribution in [2.45, 2.75) is 39.0 Å². The molecule has 4 bridgehead atoms. The number of esters is 1. The van der Waals surface area contributed by atoms with Crippen molar-refractivity contribution in [2.24, 2.45) is 29.6 Å². The molecular formula is C21H26N2O4. The zero-order valence-corrected chi connectivity index (χ0v) is 15.6. The molecule has 0 aromatic heterocycles. The molecule has 4 aliphatic rings. The van der Waals surface area contributed by atoms with E-state index in [1.54, 1.807) is 24.3 Å². The number of ether oxygens (including phenoxy) is 1. The lowest BCUT2D eigenvalue weighted by molar-refractivity contribution is -0.164. The van der Waals surface area contributed by atoms with Crippen LogP contribution in [0.25, 0.3) is 0 Å². The highest BCUT2D eigenvalue weighted by Crippen LogP contribution is 2.56. The fourth-order valence-corrected chi connectivity index (χ4v) is 5.62. The molecule has 5 rings (SSSR count). The van der Waals surface area contributed by atoms with Crippen LogP contribution < -0.4 is 10.6 Å². The normalized spacial score (nSPS) is 30.6. The summed E-state index contributed by atoms with van der Waals surface area (Å²) in [5.74, 6) is 1.73. The molecule has 0 radical (unpaired) electrons. The lowest BCUT2D eigenvalue weighted by atomic mass is 9.52. The minimum atomic E-state index is -0.368. The first-order valence-corrected chi connectivity index (χ1v) is 9.82. The highest BCUT2D eigenvalue weighted by Gasteiger charge is 2.51. The van der Waals surface area contributed by atoms with Gasteiger partial charge in [0.1, 0.15) is 0 Å². The maximum absolute atomic E-state index is 12.6. The number of rotatable bonds is 5. The third-order valence-corrected chi connectivity index (χ3v) is 6.31. The summed E-state index contributed by atoms with van der Waals surface area (Å²) in [6.45, 7) is 1.15. The summed E-state index contributed by atoms with van der Waals surface area (Å²) in [6, 6.07) is 6.87. The number of carbonyl (C=O) groups excluding carboxylic acids is 3. The molecule has 1 aromatic rings. The molecule has 6 heteroatoms. The molecule has 144 valence electrons. The van der Waals surface area contributed by atoms with Crippen LogP contribution in [0.1, 0.15) is 39.0 Å². The molecule has 0 unspecified atom stereocenters. The number of carbonyl (C=O) groups is 3. The Morgan fingerprint density at radius 2 is 1.56 bits per heavy atom. The van der Waals surface area contributed by atoms with Gasteiger partial charge in [0, 0.05) is 18.3 Å². The number of amides is 2. The van der Waals surface area contributed by atoms with Gasteiger partial charge in [0.2, 0.25) is 5.91 Å². The second-order valence-corrected chi connectivity index (χ2v) is 8.37. The first-order chi connectivity index (χ1) is 13.0. The van der Waals surface area contributed by atoms with Gasteiger partial charge in [-0.05, 0) is 74.0 Å². The van der Waals surface area contributed by atoms with Crippen molar-refractivity contribution in [2.75, 3.05) is 17.2 Å². The lowest BCUT2D eigenvalue weighted by Gasteiger charge is -2.53. The van der Waals surface area contributed by atoms with E-state index >= 15 is 0 Å². The molecule has 0 heterocycles. The molecule has 1 aromatic carbocycles. The summed E-state index contributed by atoms with van der Waals surface area (Å²) in [6.07, 6.45) is 5.93. The Labute approximate surface area is 159 Å². The van der Waals surface area contributed by atoms with Crippen LogP contribution in [0.4, 0.5) is 11.4 Å². The summed E-state index contributed by atoms with van der Waals surface area (Å²) in [4.78, 5) is 35.9. The summed E-state index contributed by atoms with van der Waals surface area (Å²) in [5.41, 5.74) is 1.16. The van der Waals surface area contributed by atoms with Gasteiger partial charge in [-0.25, -0.2) is 0 Å². The Morgan fingerprint density at radius 1 is 0.963 bits per heavy atom. The Bertz CT molecular complexity index is 732. The van der Waals surface area contributed by atoms with Crippen LogP contribution in [0, 0.1) is 29.6 Å². The maximum Gasteiger partial charge on any atom is 0.310 e. The Hall–Kier alpha value is -2.37. The van der Waals surface area contributed by atoms with Gasteiger partial charge in [-0.15, -0.1) is 0 Å². The topological polar surface area (TPSA) is 84.5 Å². The molecule has 6 nitrogen and oxygen atoms in total. The van der Waals surface area contributed by atoms with Gasteiger partial charge in [-0.2, -0.15) is 0 Å². The monoisotopic (exact) mass is 370 g/mol. The lowest BCUT2D eigenvalue weighted by Crippen LogP contribution is -2.48. The minimum absolute atomic E-state index is 0.0197. The summed E-state index contributed by atoms with van der Waals surface area (Å²) < 4.78 is 5.38. The third-order valence-electron chi connectivity index (χ3n) is 6.31. The second kappa shape index (κ2) is 7.33. The van der Waals surface area contributed by atoms with Crippen LogP contribution in [-0.4, -0.2) is 24.4 Å². The second-order valence-electron chi connectivity index (χ2n) is 8.37. The van der Waals surface area contributed by atoms with Gasteiger partial charge >= 0.3 is 5.97 Å². The quantitative estimate of drug-likeness (QED) is 0.780. The van der Waals surface area contributed by atoms with Gasteiger partial charge in [0.15, 0.2) is 6.61 Å². The van der Waals surface area contributed by atoms with Crippen LogP contribution >= 0.6 is 0 Å². The molecule has 27 heavy (non-hydrogen) atoms.